The zero-order chi connectivity index (χ0) is 18.6. The molecule has 0 bridgehead atoms. The maximum absolute atomic E-state index is 12.3. The lowest BCUT2D eigenvalue weighted by atomic mass is 10.2. The summed E-state index contributed by atoms with van der Waals surface area (Å²) in [5.74, 6) is 0.825. The number of hydrogen-bond acceptors (Lipinski definition) is 4. The molecule has 1 aliphatic heterocycles. The summed E-state index contributed by atoms with van der Waals surface area (Å²) in [6.45, 7) is 7.84. The number of nitrogens with one attached hydrogen (secondary N) is 1. The molecule has 0 radical (unpaired) electrons. The quantitative estimate of drug-likeness (QED) is 0.667. The van der Waals surface area contributed by atoms with Gasteiger partial charge in [0.2, 0.25) is 0 Å². The van der Waals surface area contributed by atoms with Gasteiger partial charge in [0.15, 0.2) is 0 Å². The zero-order valence-corrected chi connectivity index (χ0v) is 18.4. The lowest BCUT2D eigenvalue weighted by molar-refractivity contribution is 0.0226. The van der Waals surface area contributed by atoms with Crippen LogP contribution in [0.25, 0.3) is 0 Å². The standard InChI is InChI=1S/C18H26Br2N2O3/c1-18(2,3)25-17(23)22-7-5-6-14(22)11-21-10-12-8-13(19)9-15(20)16(12)24-4/h8-9,14,21H,5-7,10-11H2,1-4H3. The predicted octanol–water partition coefficient (Wildman–Crippen LogP) is 4.71. The highest BCUT2D eigenvalue weighted by Gasteiger charge is 2.31. The van der Waals surface area contributed by atoms with Gasteiger partial charge in [-0.1, -0.05) is 15.9 Å². The second kappa shape index (κ2) is 8.73. The number of ether oxygens (including phenoxy) is 2. The molecule has 0 aliphatic carbocycles. The summed E-state index contributed by atoms with van der Waals surface area (Å²) >= 11 is 7.03. The first-order valence-corrected chi connectivity index (χ1v) is 10.0. The van der Waals surface area contributed by atoms with E-state index < -0.39 is 5.60 Å². The van der Waals surface area contributed by atoms with Gasteiger partial charge < -0.3 is 19.7 Å². The van der Waals surface area contributed by atoms with Gasteiger partial charge in [-0.15, -0.1) is 0 Å². The Balaban J connectivity index is 1.94. The molecule has 1 fully saturated rings. The first kappa shape index (κ1) is 20.5. The molecule has 1 heterocycles. The molecule has 1 N–H and O–H groups in total. The van der Waals surface area contributed by atoms with Gasteiger partial charge in [0, 0.05) is 35.7 Å². The van der Waals surface area contributed by atoms with Gasteiger partial charge in [-0.3, -0.25) is 0 Å². The van der Waals surface area contributed by atoms with Crippen LogP contribution >= 0.6 is 31.9 Å². The fraction of sp³-hybridized carbons (Fsp3) is 0.611. The fourth-order valence-electron chi connectivity index (χ4n) is 2.96. The van der Waals surface area contributed by atoms with E-state index in [9.17, 15) is 4.79 Å². The molecular formula is C18H26Br2N2O3. The normalized spacial score (nSPS) is 17.7. The van der Waals surface area contributed by atoms with Gasteiger partial charge in [0.05, 0.1) is 11.6 Å². The molecule has 0 spiro atoms. The molecule has 140 valence electrons. The lowest BCUT2D eigenvalue weighted by Crippen LogP contribution is -2.44. The van der Waals surface area contributed by atoms with E-state index in [0.717, 1.165) is 46.2 Å². The van der Waals surface area contributed by atoms with Crippen molar-refractivity contribution < 1.29 is 14.3 Å². The minimum absolute atomic E-state index is 0.163. The molecule has 2 rings (SSSR count). The summed E-state index contributed by atoms with van der Waals surface area (Å²) in [5, 5.41) is 3.45. The summed E-state index contributed by atoms with van der Waals surface area (Å²) in [5.41, 5.74) is 0.596. The smallest absolute Gasteiger partial charge is 0.410 e. The molecule has 1 saturated heterocycles. The Hall–Kier alpha value is -0.790. The molecule has 1 unspecified atom stereocenters. The molecule has 1 atom stereocenters. The summed E-state index contributed by atoms with van der Waals surface area (Å²) in [6, 6.07) is 4.16. The Morgan fingerprint density at radius 3 is 2.72 bits per heavy atom. The lowest BCUT2D eigenvalue weighted by Gasteiger charge is -2.28. The Labute approximate surface area is 166 Å². The van der Waals surface area contributed by atoms with Crippen molar-refractivity contribution in [1.29, 1.82) is 0 Å². The molecule has 5 nitrogen and oxygen atoms in total. The maximum Gasteiger partial charge on any atom is 0.410 e. The van der Waals surface area contributed by atoms with Gasteiger partial charge in [-0.25, -0.2) is 4.79 Å². The molecule has 0 aromatic heterocycles. The number of hydrogen-bond donors (Lipinski definition) is 1. The van der Waals surface area contributed by atoms with E-state index in [2.05, 4.69) is 37.2 Å². The van der Waals surface area contributed by atoms with Crippen molar-refractivity contribution in [1.82, 2.24) is 10.2 Å². The first-order valence-electron chi connectivity index (χ1n) is 8.43. The molecule has 1 aromatic carbocycles. The Kier molecular flexibility index (Phi) is 7.17. The highest BCUT2D eigenvalue weighted by atomic mass is 79.9. The van der Waals surface area contributed by atoms with Crippen LogP contribution in [0.5, 0.6) is 5.75 Å². The fourth-order valence-corrected chi connectivity index (χ4v) is 4.43. The second-order valence-corrected chi connectivity index (χ2v) is 8.95. The van der Waals surface area contributed by atoms with Crippen LogP contribution < -0.4 is 10.1 Å². The number of benzene rings is 1. The van der Waals surface area contributed by atoms with Crippen LogP contribution in [0.2, 0.25) is 0 Å². The molecule has 1 aromatic rings. The van der Waals surface area contributed by atoms with Crippen molar-refractivity contribution in [2.75, 3.05) is 20.2 Å². The van der Waals surface area contributed by atoms with Crippen molar-refractivity contribution in [2.45, 2.75) is 51.8 Å². The third-order valence-electron chi connectivity index (χ3n) is 3.99. The third kappa shape index (κ3) is 5.86. The average molecular weight is 478 g/mol. The molecule has 25 heavy (non-hydrogen) atoms. The van der Waals surface area contributed by atoms with Crippen LogP contribution in [0.3, 0.4) is 0 Å². The number of carbonyl (C=O) groups excluding carboxylic acids is 1. The number of likely N-dealkylation sites (tertiary alicyclic amines) is 1. The van der Waals surface area contributed by atoms with E-state index >= 15 is 0 Å². The Bertz CT molecular complexity index is 617. The van der Waals surface area contributed by atoms with E-state index in [1.54, 1.807) is 7.11 Å². The molecule has 7 heteroatoms. The van der Waals surface area contributed by atoms with Gasteiger partial charge in [-0.2, -0.15) is 0 Å². The molecule has 0 saturated carbocycles. The summed E-state index contributed by atoms with van der Waals surface area (Å²) in [4.78, 5) is 14.2. The van der Waals surface area contributed by atoms with Crippen molar-refractivity contribution >= 4 is 38.0 Å². The summed E-state index contributed by atoms with van der Waals surface area (Å²) < 4.78 is 12.9. The number of nitrogens with zero attached hydrogens (tertiary/aromatic N) is 1. The number of rotatable bonds is 5. The maximum atomic E-state index is 12.3. The van der Waals surface area contributed by atoms with Gasteiger partial charge >= 0.3 is 6.09 Å². The van der Waals surface area contributed by atoms with Crippen LogP contribution in [0, 0.1) is 0 Å². The number of methoxy groups -OCH3 is 1. The van der Waals surface area contributed by atoms with Crippen molar-refractivity contribution in [2.24, 2.45) is 0 Å². The van der Waals surface area contributed by atoms with E-state index in [0.29, 0.717) is 6.54 Å². The Morgan fingerprint density at radius 2 is 2.08 bits per heavy atom. The SMILES string of the molecule is COc1c(Br)cc(Br)cc1CNCC1CCCN1C(=O)OC(C)(C)C. The first-order chi connectivity index (χ1) is 11.7. The van der Waals surface area contributed by atoms with Crippen LogP contribution in [0.1, 0.15) is 39.2 Å². The van der Waals surface area contributed by atoms with Crippen LogP contribution in [-0.4, -0.2) is 42.8 Å². The second-order valence-electron chi connectivity index (χ2n) is 7.18. The van der Waals surface area contributed by atoms with Gasteiger partial charge in [0.25, 0.3) is 0 Å². The topological polar surface area (TPSA) is 50.8 Å². The van der Waals surface area contributed by atoms with Crippen LogP contribution in [0.4, 0.5) is 4.79 Å². The molecular weight excluding hydrogens is 452 g/mol. The van der Waals surface area contributed by atoms with Crippen LogP contribution in [0.15, 0.2) is 21.1 Å². The molecule has 1 amide bonds. The van der Waals surface area contributed by atoms with E-state index in [1.807, 2.05) is 37.8 Å². The van der Waals surface area contributed by atoms with Gasteiger partial charge in [0.1, 0.15) is 11.4 Å². The van der Waals surface area contributed by atoms with Gasteiger partial charge in [-0.05, 0) is 61.7 Å². The number of halogens is 2. The summed E-state index contributed by atoms with van der Waals surface area (Å²) in [7, 11) is 1.67. The minimum Gasteiger partial charge on any atom is -0.495 e. The highest BCUT2D eigenvalue weighted by molar-refractivity contribution is 9.11. The Morgan fingerprint density at radius 1 is 1.36 bits per heavy atom. The minimum atomic E-state index is -0.465. The van der Waals surface area contributed by atoms with E-state index in [-0.39, 0.29) is 12.1 Å². The predicted molar refractivity (Wildman–Crippen MR) is 106 cm³/mol. The van der Waals surface area contributed by atoms with E-state index in [4.69, 9.17) is 9.47 Å². The van der Waals surface area contributed by atoms with Crippen molar-refractivity contribution in [3.05, 3.63) is 26.6 Å². The van der Waals surface area contributed by atoms with Crippen molar-refractivity contribution in [3.63, 3.8) is 0 Å². The zero-order valence-electron chi connectivity index (χ0n) is 15.2. The monoisotopic (exact) mass is 476 g/mol. The average Bonchev–Trinajstić information content (AvgIpc) is 2.93. The largest absolute Gasteiger partial charge is 0.495 e. The molecule has 1 aliphatic rings. The highest BCUT2D eigenvalue weighted by Crippen LogP contribution is 2.32. The van der Waals surface area contributed by atoms with Crippen molar-refractivity contribution in [3.8, 4) is 5.75 Å². The number of carbonyl (C=O) groups is 1. The van der Waals surface area contributed by atoms with Crippen LogP contribution in [-0.2, 0) is 11.3 Å². The number of amides is 1. The third-order valence-corrected chi connectivity index (χ3v) is 5.04. The van der Waals surface area contributed by atoms with E-state index in [1.165, 1.54) is 0 Å². The summed E-state index contributed by atoms with van der Waals surface area (Å²) in [6.07, 6.45) is 1.78.